The van der Waals surface area contributed by atoms with Crippen LogP contribution in [0.5, 0.6) is 0 Å². The molecular formula is C33H34ClN7O. The minimum Gasteiger partial charge on any atom is -0.335 e. The zero-order chi connectivity index (χ0) is 29.5. The highest BCUT2D eigenvalue weighted by atomic mass is 35.5. The number of carbonyl (C=O) groups is 1. The standard InChI is InChI=1S/C33H34ClN7O/c1-24(6-5-16-39-17-15-36-25(39)2)30-22-27(34)10-13-29(30)32(31-7-3-4-14-37-31)40-18-20-41(21-19-40)33(42)38-28-11-8-26(23-35)9-12-28/h3-4,7-15,17,22,32H,1,5-6,16,18-21H2,2H3,(H,38,42). The highest BCUT2D eigenvalue weighted by Gasteiger charge is 2.31. The number of amides is 2. The minimum atomic E-state index is -0.151. The van der Waals surface area contributed by atoms with Crippen LogP contribution in [0.25, 0.3) is 5.57 Å². The predicted octanol–water partition coefficient (Wildman–Crippen LogP) is 6.54. The number of imidazole rings is 1. The molecule has 0 saturated carbocycles. The minimum absolute atomic E-state index is 0.116. The smallest absolute Gasteiger partial charge is 0.321 e. The molecule has 2 aromatic carbocycles. The summed E-state index contributed by atoms with van der Waals surface area (Å²) in [5.74, 6) is 1.00. The molecule has 1 atom stereocenters. The van der Waals surface area contributed by atoms with Crippen LogP contribution in [0.1, 0.15) is 47.1 Å². The van der Waals surface area contributed by atoms with E-state index in [4.69, 9.17) is 21.8 Å². The van der Waals surface area contributed by atoms with Crippen LogP contribution in [-0.4, -0.2) is 56.5 Å². The lowest BCUT2D eigenvalue weighted by atomic mass is 9.90. The molecule has 214 valence electrons. The van der Waals surface area contributed by atoms with Gasteiger partial charge < -0.3 is 14.8 Å². The number of nitrogens with one attached hydrogen (secondary N) is 1. The summed E-state index contributed by atoms with van der Waals surface area (Å²) in [5, 5.41) is 12.6. The monoisotopic (exact) mass is 579 g/mol. The van der Waals surface area contributed by atoms with Crippen LogP contribution >= 0.6 is 11.6 Å². The number of nitrogens with zero attached hydrogens (tertiary/aromatic N) is 6. The van der Waals surface area contributed by atoms with Crippen LogP contribution < -0.4 is 5.32 Å². The van der Waals surface area contributed by atoms with Crippen LogP contribution in [0, 0.1) is 18.3 Å². The first-order valence-corrected chi connectivity index (χ1v) is 14.5. The normalized spacial score (nSPS) is 14.3. The summed E-state index contributed by atoms with van der Waals surface area (Å²) in [7, 11) is 0. The van der Waals surface area contributed by atoms with Crippen molar-refractivity contribution < 1.29 is 4.79 Å². The summed E-state index contributed by atoms with van der Waals surface area (Å²) >= 11 is 6.52. The van der Waals surface area contributed by atoms with Crippen molar-refractivity contribution in [3.05, 3.63) is 119 Å². The number of hydrogen-bond acceptors (Lipinski definition) is 5. The van der Waals surface area contributed by atoms with E-state index in [9.17, 15) is 4.79 Å². The second-order valence-electron chi connectivity index (χ2n) is 10.4. The highest BCUT2D eigenvalue weighted by molar-refractivity contribution is 6.30. The number of aryl methyl sites for hydroxylation is 2. The number of halogens is 1. The molecule has 0 aliphatic carbocycles. The first-order chi connectivity index (χ1) is 20.4. The van der Waals surface area contributed by atoms with Gasteiger partial charge in [0.2, 0.25) is 0 Å². The van der Waals surface area contributed by atoms with Gasteiger partial charge in [-0.05, 0) is 85.0 Å². The summed E-state index contributed by atoms with van der Waals surface area (Å²) in [4.78, 5) is 26.3. The number of piperazine rings is 1. The van der Waals surface area contributed by atoms with E-state index in [2.05, 4.69) is 44.5 Å². The van der Waals surface area contributed by atoms with Gasteiger partial charge >= 0.3 is 6.03 Å². The molecule has 4 aromatic rings. The van der Waals surface area contributed by atoms with E-state index in [1.54, 1.807) is 24.3 Å². The third kappa shape index (κ3) is 6.88. The Labute approximate surface area is 251 Å². The van der Waals surface area contributed by atoms with Gasteiger partial charge in [-0.2, -0.15) is 5.26 Å². The summed E-state index contributed by atoms with van der Waals surface area (Å²) in [6.45, 7) is 9.85. The van der Waals surface area contributed by atoms with Gasteiger partial charge in [0.1, 0.15) is 5.82 Å². The van der Waals surface area contributed by atoms with E-state index >= 15 is 0 Å². The zero-order valence-electron chi connectivity index (χ0n) is 23.7. The number of hydrogen-bond donors (Lipinski definition) is 1. The zero-order valence-corrected chi connectivity index (χ0v) is 24.5. The fourth-order valence-electron chi connectivity index (χ4n) is 5.41. The Kier molecular flexibility index (Phi) is 9.32. The Morgan fingerprint density at radius 2 is 1.86 bits per heavy atom. The molecule has 5 rings (SSSR count). The number of aromatic nitrogens is 3. The fourth-order valence-corrected chi connectivity index (χ4v) is 5.58. The van der Waals surface area contributed by atoms with Crippen molar-refractivity contribution in [1.82, 2.24) is 24.3 Å². The van der Waals surface area contributed by atoms with Gasteiger partial charge in [0.15, 0.2) is 0 Å². The molecule has 1 saturated heterocycles. The van der Waals surface area contributed by atoms with Crippen LogP contribution in [0.2, 0.25) is 5.02 Å². The van der Waals surface area contributed by atoms with Crippen molar-refractivity contribution in [1.29, 1.82) is 5.26 Å². The van der Waals surface area contributed by atoms with Crippen molar-refractivity contribution in [2.75, 3.05) is 31.5 Å². The molecule has 9 heteroatoms. The number of benzene rings is 2. The van der Waals surface area contributed by atoms with Gasteiger partial charge in [0.05, 0.1) is 23.4 Å². The van der Waals surface area contributed by atoms with Crippen LogP contribution in [0.3, 0.4) is 0 Å². The number of carbonyl (C=O) groups excluding carboxylic acids is 1. The summed E-state index contributed by atoms with van der Waals surface area (Å²) in [6.07, 6.45) is 7.41. The van der Waals surface area contributed by atoms with Crippen LogP contribution in [0.4, 0.5) is 10.5 Å². The van der Waals surface area contributed by atoms with E-state index < -0.39 is 0 Å². The first-order valence-electron chi connectivity index (χ1n) is 14.1. The van der Waals surface area contributed by atoms with E-state index in [0.717, 1.165) is 47.6 Å². The molecule has 0 spiro atoms. The molecule has 1 aliphatic rings. The number of urea groups is 1. The molecule has 2 amide bonds. The number of nitriles is 1. The lowest BCUT2D eigenvalue weighted by Crippen LogP contribution is -2.51. The second-order valence-corrected chi connectivity index (χ2v) is 10.8. The Bertz CT molecular complexity index is 1570. The van der Waals surface area contributed by atoms with Crippen molar-refractivity contribution in [3.63, 3.8) is 0 Å². The molecule has 8 nitrogen and oxygen atoms in total. The molecule has 3 heterocycles. The van der Waals surface area contributed by atoms with Crippen molar-refractivity contribution >= 4 is 28.9 Å². The average molecular weight is 580 g/mol. The Morgan fingerprint density at radius 1 is 1.07 bits per heavy atom. The van der Waals surface area contributed by atoms with Gasteiger partial charge in [0.25, 0.3) is 0 Å². The van der Waals surface area contributed by atoms with Gasteiger partial charge in [-0.25, -0.2) is 9.78 Å². The molecular weight excluding hydrogens is 546 g/mol. The van der Waals surface area contributed by atoms with Crippen molar-refractivity contribution in [2.24, 2.45) is 0 Å². The number of anilines is 1. The lowest BCUT2D eigenvalue weighted by molar-refractivity contribution is 0.125. The third-order valence-corrected chi connectivity index (χ3v) is 7.93. The molecule has 1 unspecified atom stereocenters. The molecule has 0 bridgehead atoms. The predicted molar refractivity (Wildman–Crippen MR) is 166 cm³/mol. The van der Waals surface area contributed by atoms with Gasteiger partial charge in [-0.1, -0.05) is 30.3 Å². The third-order valence-electron chi connectivity index (χ3n) is 7.69. The highest BCUT2D eigenvalue weighted by Crippen LogP contribution is 2.36. The topological polar surface area (TPSA) is 90.1 Å². The van der Waals surface area contributed by atoms with Crippen molar-refractivity contribution in [3.8, 4) is 6.07 Å². The van der Waals surface area contributed by atoms with E-state index in [1.165, 1.54) is 0 Å². The van der Waals surface area contributed by atoms with Crippen molar-refractivity contribution in [2.45, 2.75) is 32.4 Å². The van der Waals surface area contributed by atoms with E-state index in [0.29, 0.717) is 42.5 Å². The largest absolute Gasteiger partial charge is 0.335 e. The number of rotatable bonds is 9. The van der Waals surface area contributed by atoms with Crippen LogP contribution in [-0.2, 0) is 6.54 Å². The van der Waals surface area contributed by atoms with Crippen LogP contribution in [0.15, 0.2) is 85.8 Å². The molecule has 0 radical (unpaired) electrons. The first kappa shape index (κ1) is 29.1. The van der Waals surface area contributed by atoms with Gasteiger partial charge in [-0.3, -0.25) is 9.88 Å². The maximum atomic E-state index is 13.0. The maximum Gasteiger partial charge on any atom is 0.321 e. The fraction of sp³-hybridized carbons (Fsp3) is 0.273. The molecule has 1 aliphatic heterocycles. The molecule has 1 N–H and O–H groups in total. The van der Waals surface area contributed by atoms with E-state index in [1.807, 2.05) is 54.7 Å². The molecule has 2 aromatic heterocycles. The molecule has 1 fully saturated rings. The quantitative estimate of drug-likeness (QED) is 0.243. The molecule has 42 heavy (non-hydrogen) atoms. The number of allylic oxidation sites excluding steroid dienone is 1. The SMILES string of the molecule is C=C(CCCn1ccnc1C)c1cc(Cl)ccc1C(c1ccccn1)N1CCN(C(=O)Nc2ccc(C#N)cc2)CC1. The van der Waals surface area contributed by atoms with Gasteiger partial charge in [0, 0.05) is 62.0 Å². The summed E-state index contributed by atoms with van der Waals surface area (Å²) < 4.78 is 2.15. The second kappa shape index (κ2) is 13.5. The van der Waals surface area contributed by atoms with Gasteiger partial charge in [-0.15, -0.1) is 0 Å². The maximum absolute atomic E-state index is 13.0. The Balaban J connectivity index is 1.32. The van der Waals surface area contributed by atoms with E-state index in [-0.39, 0.29) is 12.1 Å². The Morgan fingerprint density at radius 3 is 2.52 bits per heavy atom. The Hall–Kier alpha value is -4.45. The summed E-state index contributed by atoms with van der Waals surface area (Å²) in [5.41, 5.74) is 5.35. The lowest BCUT2D eigenvalue weighted by Gasteiger charge is -2.40. The average Bonchev–Trinajstić information content (AvgIpc) is 3.43. The number of pyridine rings is 1. The summed E-state index contributed by atoms with van der Waals surface area (Å²) in [6, 6.07) is 20.7.